The zero-order valence-electron chi connectivity index (χ0n) is 18.9. The molecule has 2 heterocycles. The molecule has 2 aliphatic rings. The van der Waals surface area contributed by atoms with E-state index < -0.39 is 47.8 Å². The molecule has 2 aliphatic heterocycles. The van der Waals surface area contributed by atoms with Gasteiger partial charge in [0.2, 0.25) is 0 Å². The summed E-state index contributed by atoms with van der Waals surface area (Å²) in [5.41, 5.74) is 2.50. The third-order valence-electron chi connectivity index (χ3n) is 5.87. The maximum atomic E-state index is 12.9. The van der Waals surface area contributed by atoms with E-state index in [4.69, 9.17) is 0 Å². The first kappa shape index (κ1) is 23.6. The monoisotopic (exact) mass is 477 g/mol. The zero-order valence-corrected chi connectivity index (χ0v) is 18.9. The molecular weight excluding hydrogens is 454 g/mol. The highest BCUT2D eigenvalue weighted by molar-refractivity contribution is 6.45. The van der Waals surface area contributed by atoms with Crippen molar-refractivity contribution in [3.63, 3.8) is 0 Å². The van der Waals surface area contributed by atoms with Crippen molar-refractivity contribution < 1.29 is 28.8 Å². The van der Waals surface area contributed by atoms with Crippen LogP contribution in [0.5, 0.6) is 0 Å². The Hall–Kier alpha value is -4.54. The molecule has 4 rings (SSSR count). The second kappa shape index (κ2) is 9.37. The lowest BCUT2D eigenvalue weighted by molar-refractivity contribution is -0.145. The molecule has 2 aromatic carbocycles. The number of aryl methyl sites for hydroxylation is 1. The number of urea groups is 2. The first-order valence-corrected chi connectivity index (χ1v) is 10.9. The number of rotatable bonds is 8. The van der Waals surface area contributed by atoms with Gasteiger partial charge >= 0.3 is 23.9 Å². The molecule has 180 valence electrons. The normalized spacial score (nSPS) is 20.0. The Kier molecular flexibility index (Phi) is 6.32. The van der Waals surface area contributed by atoms with Crippen molar-refractivity contribution in [1.29, 1.82) is 0 Å². The fourth-order valence-electron chi connectivity index (χ4n) is 3.89. The molecule has 0 aliphatic carbocycles. The highest BCUT2D eigenvalue weighted by Gasteiger charge is 2.49. The number of hydrogen-bond acceptors (Lipinski definition) is 6. The molecule has 0 aromatic heterocycles. The number of imide groups is 3. The van der Waals surface area contributed by atoms with Crippen molar-refractivity contribution in [2.75, 3.05) is 6.54 Å². The lowest BCUT2D eigenvalue weighted by Crippen LogP contribution is -2.52. The summed E-state index contributed by atoms with van der Waals surface area (Å²) in [4.78, 5) is 76.3. The van der Waals surface area contributed by atoms with E-state index >= 15 is 0 Å². The molecule has 11 heteroatoms. The van der Waals surface area contributed by atoms with Crippen LogP contribution >= 0.6 is 0 Å². The van der Waals surface area contributed by atoms with Crippen molar-refractivity contribution in [3.8, 4) is 0 Å². The minimum atomic E-state index is -1.25. The van der Waals surface area contributed by atoms with Gasteiger partial charge in [-0.1, -0.05) is 60.7 Å². The van der Waals surface area contributed by atoms with Crippen LogP contribution in [0.3, 0.4) is 0 Å². The van der Waals surface area contributed by atoms with Gasteiger partial charge in [-0.2, -0.15) is 5.01 Å². The average molecular weight is 477 g/mol. The van der Waals surface area contributed by atoms with Crippen molar-refractivity contribution in [2.45, 2.75) is 31.8 Å². The van der Waals surface area contributed by atoms with Gasteiger partial charge in [0, 0.05) is 0 Å². The Labute approximate surface area is 200 Å². The second-order valence-electron chi connectivity index (χ2n) is 8.47. The minimum Gasteiger partial charge on any atom is -0.322 e. The summed E-state index contributed by atoms with van der Waals surface area (Å²) in [7, 11) is 0. The number of nitrogens with zero attached hydrogens (tertiary/aromatic N) is 3. The Morgan fingerprint density at radius 3 is 2.06 bits per heavy atom. The van der Waals surface area contributed by atoms with Gasteiger partial charge in [-0.3, -0.25) is 29.5 Å². The molecule has 35 heavy (non-hydrogen) atoms. The highest BCUT2D eigenvalue weighted by Crippen LogP contribution is 2.22. The summed E-state index contributed by atoms with van der Waals surface area (Å²) in [5.74, 6) is -3.87. The molecule has 2 N–H and O–H groups in total. The highest BCUT2D eigenvalue weighted by atomic mass is 16.2. The summed E-state index contributed by atoms with van der Waals surface area (Å²) < 4.78 is 0. The van der Waals surface area contributed by atoms with E-state index in [9.17, 15) is 28.8 Å². The van der Waals surface area contributed by atoms with Crippen molar-refractivity contribution in [3.05, 3.63) is 71.8 Å². The largest absolute Gasteiger partial charge is 0.344 e. The van der Waals surface area contributed by atoms with Gasteiger partial charge in [-0.05, 0) is 30.9 Å². The van der Waals surface area contributed by atoms with Crippen LogP contribution in [0.4, 0.5) is 9.59 Å². The fraction of sp³-hybridized carbons (Fsp3) is 0.250. The maximum Gasteiger partial charge on any atom is 0.344 e. The van der Waals surface area contributed by atoms with E-state index in [-0.39, 0.29) is 6.54 Å². The topological polar surface area (TPSA) is 136 Å². The molecule has 11 nitrogen and oxygen atoms in total. The summed E-state index contributed by atoms with van der Waals surface area (Å²) >= 11 is 0. The smallest absolute Gasteiger partial charge is 0.322 e. The lowest BCUT2D eigenvalue weighted by Gasteiger charge is -2.22. The molecule has 0 saturated carbocycles. The van der Waals surface area contributed by atoms with E-state index in [0.29, 0.717) is 28.3 Å². The molecule has 0 spiro atoms. The lowest BCUT2D eigenvalue weighted by atomic mass is 9.93. The number of benzene rings is 2. The van der Waals surface area contributed by atoms with Crippen LogP contribution in [-0.2, 0) is 32.1 Å². The van der Waals surface area contributed by atoms with E-state index in [2.05, 4.69) is 10.7 Å². The number of carbonyl (C=O) groups excluding carboxylic acids is 6. The number of amides is 8. The van der Waals surface area contributed by atoms with Gasteiger partial charge in [0.15, 0.2) is 0 Å². The molecule has 8 amide bonds. The molecule has 1 atom stereocenters. The van der Waals surface area contributed by atoms with Crippen LogP contribution in [-0.4, -0.2) is 62.6 Å². The van der Waals surface area contributed by atoms with Crippen LogP contribution in [0.15, 0.2) is 60.7 Å². The molecule has 0 radical (unpaired) electrons. The van der Waals surface area contributed by atoms with Crippen LogP contribution in [0.25, 0.3) is 0 Å². The number of nitrogens with one attached hydrogen (secondary N) is 2. The summed E-state index contributed by atoms with van der Waals surface area (Å²) in [6, 6.07) is 16.2. The van der Waals surface area contributed by atoms with Crippen LogP contribution in [0, 0.1) is 0 Å². The SMILES string of the molecule is CC1(CCc2ccccc2)NC(=O)N(NC(=O)CN2C(=O)C(=O)N(Cc3ccccc3)C2=O)C1=O. The average Bonchev–Trinajstić information content (AvgIpc) is 3.18. The molecule has 2 saturated heterocycles. The fourth-order valence-corrected chi connectivity index (χ4v) is 3.89. The van der Waals surface area contributed by atoms with E-state index in [0.717, 1.165) is 10.5 Å². The van der Waals surface area contributed by atoms with Gasteiger partial charge < -0.3 is 5.32 Å². The maximum absolute atomic E-state index is 12.9. The third kappa shape index (κ3) is 4.74. The van der Waals surface area contributed by atoms with E-state index in [1.54, 1.807) is 37.3 Å². The minimum absolute atomic E-state index is 0.130. The van der Waals surface area contributed by atoms with Gasteiger partial charge in [0.1, 0.15) is 12.1 Å². The van der Waals surface area contributed by atoms with Crippen LogP contribution < -0.4 is 10.7 Å². The van der Waals surface area contributed by atoms with Crippen LogP contribution in [0.2, 0.25) is 0 Å². The number of hydrogen-bond donors (Lipinski definition) is 2. The predicted octanol–water partition coefficient (Wildman–Crippen LogP) is 0.952. The third-order valence-corrected chi connectivity index (χ3v) is 5.87. The van der Waals surface area contributed by atoms with Crippen molar-refractivity contribution in [1.82, 2.24) is 25.6 Å². The first-order valence-electron chi connectivity index (χ1n) is 10.9. The Morgan fingerprint density at radius 1 is 0.857 bits per heavy atom. The Balaban J connectivity index is 1.37. The Morgan fingerprint density at radius 2 is 1.43 bits per heavy atom. The molecule has 0 bridgehead atoms. The molecular formula is C24H23N5O6. The number of carbonyl (C=O) groups is 6. The standard InChI is InChI=1S/C24H23N5O6/c1-24(13-12-16-8-4-2-5-9-16)21(33)29(22(34)25-24)26-18(30)15-28-20(32)19(31)27(23(28)35)14-17-10-6-3-7-11-17/h2-11H,12-15H2,1H3,(H,25,34)(H,26,30). The first-order chi connectivity index (χ1) is 16.7. The summed E-state index contributed by atoms with van der Waals surface area (Å²) in [6.45, 7) is 0.595. The predicted molar refractivity (Wildman–Crippen MR) is 121 cm³/mol. The van der Waals surface area contributed by atoms with Crippen LogP contribution in [0.1, 0.15) is 24.5 Å². The van der Waals surface area contributed by atoms with Gasteiger partial charge in [-0.15, -0.1) is 0 Å². The number of hydrazine groups is 1. The quantitative estimate of drug-likeness (QED) is 0.429. The zero-order chi connectivity index (χ0) is 25.2. The molecule has 1 unspecified atom stereocenters. The second-order valence-corrected chi connectivity index (χ2v) is 8.47. The molecule has 2 fully saturated rings. The van der Waals surface area contributed by atoms with Gasteiger partial charge in [0.05, 0.1) is 6.54 Å². The summed E-state index contributed by atoms with van der Waals surface area (Å²) in [6.07, 6.45) is 0.807. The van der Waals surface area contributed by atoms with Crippen molar-refractivity contribution >= 4 is 35.7 Å². The Bertz CT molecular complexity index is 1200. The summed E-state index contributed by atoms with van der Waals surface area (Å²) in [5, 5.41) is 3.10. The molecule has 2 aromatic rings. The van der Waals surface area contributed by atoms with Gasteiger partial charge in [-0.25, -0.2) is 14.5 Å². The van der Waals surface area contributed by atoms with E-state index in [1.165, 1.54) is 0 Å². The van der Waals surface area contributed by atoms with E-state index in [1.807, 2.05) is 30.3 Å². The van der Waals surface area contributed by atoms with Crippen molar-refractivity contribution in [2.24, 2.45) is 0 Å². The van der Waals surface area contributed by atoms with Gasteiger partial charge in [0.25, 0.3) is 11.8 Å².